The van der Waals surface area contributed by atoms with Crippen molar-refractivity contribution in [2.45, 2.75) is 44.3 Å². The molecule has 2 fully saturated rings. The molecule has 4 atom stereocenters. The highest BCUT2D eigenvalue weighted by Gasteiger charge is 2.74. The number of fused-ring (bicyclic) bond motifs is 4. The average Bonchev–Trinajstić information content (AvgIpc) is 3.18. The van der Waals surface area contributed by atoms with Gasteiger partial charge in [0, 0.05) is 22.5 Å². The van der Waals surface area contributed by atoms with Crippen molar-refractivity contribution in [3.63, 3.8) is 0 Å². The summed E-state index contributed by atoms with van der Waals surface area (Å²) in [5.41, 5.74) is -0.385. The Morgan fingerprint density at radius 1 is 1.25 bits per heavy atom. The number of amides is 3. The van der Waals surface area contributed by atoms with Crippen LogP contribution in [0.2, 0.25) is 5.02 Å². The number of thioether (sulfide) groups is 1. The fourth-order valence-electron chi connectivity index (χ4n) is 5.11. The third-order valence-electron chi connectivity index (χ3n) is 6.16. The van der Waals surface area contributed by atoms with Crippen LogP contribution in [-0.2, 0) is 19.9 Å². The van der Waals surface area contributed by atoms with Crippen LogP contribution in [0.15, 0.2) is 18.2 Å². The Morgan fingerprint density at radius 2 is 1.96 bits per heavy atom. The standard InChI is InChI=1S/C20H24ClN3O3S/c1-19(2,3)24-16(25)14-13(7-8-28-4)23-20(15(14)17(24)26)11-9-10(21)5-6-12(11)22-18(20)27/h5-6,9,13-15,23H,7-8H2,1-4H3,(H,22,27)/p+1/t13-,14-,15+,20-/m1/s1. The number of likely N-dealkylation sites (tertiary alicyclic amines) is 1. The smallest absolute Gasteiger partial charge is 0.291 e. The fraction of sp³-hybridized carbons (Fsp3) is 0.550. The summed E-state index contributed by atoms with van der Waals surface area (Å²) in [7, 11) is 0. The van der Waals surface area contributed by atoms with Crippen molar-refractivity contribution in [1.82, 2.24) is 4.90 Å². The Balaban J connectivity index is 1.89. The molecule has 0 aliphatic carbocycles. The van der Waals surface area contributed by atoms with E-state index in [4.69, 9.17) is 11.6 Å². The van der Waals surface area contributed by atoms with Crippen molar-refractivity contribution in [3.8, 4) is 0 Å². The number of anilines is 1. The van der Waals surface area contributed by atoms with Crippen LogP contribution in [0.1, 0.15) is 32.8 Å². The number of carbonyl (C=O) groups excluding carboxylic acids is 3. The molecule has 3 aliphatic heterocycles. The summed E-state index contributed by atoms with van der Waals surface area (Å²) in [6.45, 7) is 5.57. The number of nitrogens with two attached hydrogens (primary N) is 1. The third-order valence-corrected chi connectivity index (χ3v) is 7.04. The predicted octanol–water partition coefficient (Wildman–Crippen LogP) is 1.59. The molecule has 3 heterocycles. The van der Waals surface area contributed by atoms with Gasteiger partial charge in [0.25, 0.3) is 5.91 Å². The van der Waals surface area contributed by atoms with Crippen LogP contribution in [0, 0.1) is 11.8 Å². The number of hydrogen-bond acceptors (Lipinski definition) is 4. The molecule has 4 rings (SSSR count). The highest BCUT2D eigenvalue weighted by atomic mass is 35.5. The van der Waals surface area contributed by atoms with Gasteiger partial charge in [-0.1, -0.05) is 11.6 Å². The first kappa shape index (κ1) is 19.7. The zero-order chi connectivity index (χ0) is 20.4. The van der Waals surface area contributed by atoms with E-state index < -0.39 is 22.9 Å². The molecule has 0 unspecified atom stereocenters. The highest BCUT2D eigenvalue weighted by molar-refractivity contribution is 7.98. The van der Waals surface area contributed by atoms with Gasteiger partial charge in [-0.3, -0.25) is 19.3 Å². The molecule has 150 valence electrons. The lowest BCUT2D eigenvalue weighted by Crippen LogP contribution is -2.99. The van der Waals surface area contributed by atoms with Crippen LogP contribution in [0.4, 0.5) is 5.69 Å². The lowest BCUT2D eigenvalue weighted by molar-refractivity contribution is -0.733. The maximum absolute atomic E-state index is 13.5. The molecule has 28 heavy (non-hydrogen) atoms. The number of benzene rings is 1. The lowest BCUT2D eigenvalue weighted by Gasteiger charge is -2.33. The summed E-state index contributed by atoms with van der Waals surface area (Å²) in [6.07, 6.45) is 2.77. The number of halogens is 1. The first-order valence-corrected chi connectivity index (χ1v) is 11.2. The SMILES string of the molecule is CSCC[C@H]1[NH2+][C@@]2(C(=O)Nc3ccc(Cl)cc32)[C@@H]2C(=O)N(C(C)(C)C)C(=O)[C@@H]21. The third kappa shape index (κ3) is 2.56. The van der Waals surface area contributed by atoms with Gasteiger partial charge < -0.3 is 10.6 Å². The number of carbonyl (C=O) groups is 3. The summed E-state index contributed by atoms with van der Waals surface area (Å²) in [5, 5.41) is 5.39. The molecule has 6 nitrogen and oxygen atoms in total. The molecule has 2 saturated heterocycles. The minimum atomic E-state index is -1.14. The highest BCUT2D eigenvalue weighted by Crippen LogP contribution is 2.51. The second kappa shape index (κ2) is 6.47. The molecule has 1 aromatic rings. The van der Waals surface area contributed by atoms with Crippen molar-refractivity contribution in [1.29, 1.82) is 0 Å². The maximum Gasteiger partial charge on any atom is 0.291 e. The summed E-state index contributed by atoms with van der Waals surface area (Å²) < 4.78 is 0. The number of rotatable bonds is 3. The molecule has 1 spiro atoms. The largest absolute Gasteiger partial charge is 0.326 e. The van der Waals surface area contributed by atoms with Gasteiger partial charge in [0.2, 0.25) is 17.4 Å². The predicted molar refractivity (Wildman–Crippen MR) is 109 cm³/mol. The van der Waals surface area contributed by atoms with Gasteiger partial charge >= 0.3 is 0 Å². The molecule has 3 amide bonds. The maximum atomic E-state index is 13.5. The van der Waals surface area contributed by atoms with Crippen LogP contribution in [0.3, 0.4) is 0 Å². The molecule has 0 aromatic heterocycles. The molecule has 3 aliphatic rings. The van der Waals surface area contributed by atoms with E-state index in [2.05, 4.69) is 5.32 Å². The topological polar surface area (TPSA) is 83.1 Å². The number of quaternary nitrogens is 1. The molecule has 0 radical (unpaired) electrons. The van der Waals surface area contributed by atoms with E-state index in [9.17, 15) is 14.4 Å². The van der Waals surface area contributed by atoms with E-state index in [0.29, 0.717) is 16.3 Å². The van der Waals surface area contributed by atoms with Gasteiger partial charge in [-0.15, -0.1) is 0 Å². The monoisotopic (exact) mass is 422 g/mol. The summed E-state index contributed by atoms with van der Waals surface area (Å²) >= 11 is 7.94. The Hall–Kier alpha value is -1.57. The summed E-state index contributed by atoms with van der Waals surface area (Å²) in [5.74, 6) is -1.01. The van der Waals surface area contributed by atoms with Gasteiger partial charge in [-0.05, 0) is 51.0 Å². The number of imide groups is 1. The van der Waals surface area contributed by atoms with Crippen LogP contribution in [0.25, 0.3) is 0 Å². The molecular weight excluding hydrogens is 398 g/mol. The second-order valence-electron chi connectivity index (χ2n) is 8.81. The van der Waals surface area contributed by atoms with Crippen molar-refractivity contribution in [2.75, 3.05) is 17.3 Å². The quantitative estimate of drug-likeness (QED) is 0.724. The van der Waals surface area contributed by atoms with Gasteiger partial charge in [0.05, 0.1) is 5.69 Å². The van der Waals surface area contributed by atoms with Crippen molar-refractivity contribution in [2.24, 2.45) is 11.8 Å². The second-order valence-corrected chi connectivity index (χ2v) is 10.2. The zero-order valence-electron chi connectivity index (χ0n) is 16.4. The van der Waals surface area contributed by atoms with Gasteiger partial charge in [-0.2, -0.15) is 11.8 Å². The zero-order valence-corrected chi connectivity index (χ0v) is 18.0. The molecule has 0 saturated carbocycles. The molecular formula is C20H25ClN3O3S+. The molecule has 0 bridgehead atoms. The summed E-state index contributed by atoms with van der Waals surface area (Å²) in [4.78, 5) is 41.5. The van der Waals surface area contributed by atoms with Crippen LogP contribution < -0.4 is 10.6 Å². The van der Waals surface area contributed by atoms with E-state index in [1.54, 1.807) is 30.0 Å². The van der Waals surface area contributed by atoms with Gasteiger partial charge in [-0.25, -0.2) is 0 Å². The lowest BCUT2D eigenvalue weighted by atomic mass is 9.76. The van der Waals surface area contributed by atoms with Crippen molar-refractivity contribution < 1.29 is 19.7 Å². The fourth-order valence-corrected chi connectivity index (χ4v) is 5.79. The first-order chi connectivity index (χ1) is 13.1. The van der Waals surface area contributed by atoms with Crippen LogP contribution >= 0.6 is 23.4 Å². The Bertz CT molecular complexity index is 884. The minimum absolute atomic E-state index is 0.128. The molecule has 8 heteroatoms. The van der Waals surface area contributed by atoms with Crippen molar-refractivity contribution in [3.05, 3.63) is 28.8 Å². The van der Waals surface area contributed by atoms with Crippen LogP contribution in [-0.4, -0.2) is 46.2 Å². The van der Waals surface area contributed by atoms with Crippen molar-refractivity contribution >= 4 is 46.8 Å². The van der Waals surface area contributed by atoms with E-state index in [1.807, 2.05) is 32.3 Å². The van der Waals surface area contributed by atoms with E-state index >= 15 is 0 Å². The Labute approximate surface area is 173 Å². The van der Waals surface area contributed by atoms with E-state index in [1.165, 1.54) is 4.90 Å². The van der Waals surface area contributed by atoms with Gasteiger partial charge in [0.1, 0.15) is 17.9 Å². The van der Waals surface area contributed by atoms with Crippen LogP contribution in [0.5, 0.6) is 0 Å². The average molecular weight is 423 g/mol. The molecule has 3 N–H and O–H groups in total. The Kier molecular flexibility index (Phi) is 4.56. The number of hydrogen-bond donors (Lipinski definition) is 2. The summed E-state index contributed by atoms with van der Waals surface area (Å²) in [6, 6.07) is 5.12. The van der Waals surface area contributed by atoms with E-state index in [-0.39, 0.29) is 23.8 Å². The normalized spacial score (nSPS) is 31.5. The number of nitrogens with one attached hydrogen (secondary N) is 1. The molecule has 1 aromatic carbocycles. The number of nitrogens with zero attached hydrogens (tertiary/aromatic N) is 1. The first-order valence-electron chi connectivity index (χ1n) is 9.47. The van der Waals surface area contributed by atoms with E-state index in [0.717, 1.165) is 12.2 Å². The Morgan fingerprint density at radius 3 is 2.61 bits per heavy atom. The minimum Gasteiger partial charge on any atom is -0.326 e. The van der Waals surface area contributed by atoms with Gasteiger partial charge in [0.15, 0.2) is 0 Å².